The molecule has 3 aromatic carbocycles. The number of anilines is 1. The summed E-state index contributed by atoms with van der Waals surface area (Å²) in [5.74, 6) is 0.0779. The molecule has 0 unspecified atom stereocenters. The highest BCUT2D eigenvalue weighted by Gasteiger charge is 2.49. The van der Waals surface area contributed by atoms with Crippen LogP contribution < -0.4 is 15.0 Å². The van der Waals surface area contributed by atoms with Crippen LogP contribution in [-0.2, 0) is 0 Å². The van der Waals surface area contributed by atoms with Crippen molar-refractivity contribution in [1.82, 2.24) is 20.2 Å². The van der Waals surface area contributed by atoms with Crippen LogP contribution in [0.3, 0.4) is 0 Å². The zero-order chi connectivity index (χ0) is 28.6. The molecule has 4 fully saturated rings. The van der Waals surface area contributed by atoms with Gasteiger partial charge in [0.1, 0.15) is 24.1 Å². The highest BCUT2D eigenvalue weighted by molar-refractivity contribution is 6.35. The molecule has 2 bridgehead atoms. The summed E-state index contributed by atoms with van der Waals surface area (Å²) in [5.41, 5.74) is 0.635. The van der Waals surface area contributed by atoms with Crippen molar-refractivity contribution in [3.8, 4) is 17.1 Å². The number of fused-ring (bicyclic) bond motifs is 5. The molecule has 4 aliphatic rings. The van der Waals surface area contributed by atoms with Crippen molar-refractivity contribution < 1.29 is 13.5 Å². The molecule has 0 aliphatic carbocycles. The Bertz CT molecular complexity index is 1710. The molecule has 0 amide bonds. The van der Waals surface area contributed by atoms with Crippen LogP contribution in [0.15, 0.2) is 42.5 Å². The van der Waals surface area contributed by atoms with Crippen LogP contribution in [0.25, 0.3) is 32.8 Å². The Kier molecular flexibility index (Phi) is 6.48. The van der Waals surface area contributed by atoms with Gasteiger partial charge in [0, 0.05) is 54.1 Å². The Balaban J connectivity index is 1.27. The molecular weight excluding hydrogens is 579 g/mol. The van der Waals surface area contributed by atoms with Gasteiger partial charge in [-0.3, -0.25) is 4.90 Å². The van der Waals surface area contributed by atoms with Gasteiger partial charge in [0.05, 0.1) is 10.6 Å². The van der Waals surface area contributed by atoms with Crippen molar-refractivity contribution in [3.63, 3.8) is 0 Å². The van der Waals surface area contributed by atoms with Crippen LogP contribution in [0.1, 0.15) is 32.1 Å². The van der Waals surface area contributed by atoms with E-state index < -0.39 is 12.0 Å². The quantitative estimate of drug-likeness (QED) is 0.269. The van der Waals surface area contributed by atoms with Gasteiger partial charge in [-0.2, -0.15) is 9.97 Å². The fraction of sp³-hybridized carbons (Fsp3) is 0.438. The first-order valence-electron chi connectivity index (χ1n) is 14.8. The van der Waals surface area contributed by atoms with E-state index in [4.69, 9.17) is 32.9 Å². The third-order valence-corrected chi connectivity index (χ3v) is 10.2. The highest BCUT2D eigenvalue weighted by atomic mass is 35.5. The van der Waals surface area contributed by atoms with E-state index in [0.717, 1.165) is 56.1 Å². The number of ether oxygens (including phenoxy) is 1. The zero-order valence-corrected chi connectivity index (χ0v) is 24.6. The number of nitrogens with zero attached hydrogens (tertiary/aromatic N) is 4. The van der Waals surface area contributed by atoms with E-state index >= 15 is 4.39 Å². The Morgan fingerprint density at radius 1 is 1.02 bits per heavy atom. The smallest absolute Gasteiger partial charge is 0.319 e. The first kappa shape index (κ1) is 26.8. The minimum atomic E-state index is -0.868. The molecule has 1 aromatic heterocycles. The molecule has 4 atom stereocenters. The predicted molar refractivity (Wildman–Crippen MR) is 163 cm³/mol. The van der Waals surface area contributed by atoms with E-state index in [0.29, 0.717) is 46.8 Å². The van der Waals surface area contributed by atoms with Crippen molar-refractivity contribution in [1.29, 1.82) is 0 Å². The Labute approximate surface area is 252 Å². The number of benzene rings is 3. The Morgan fingerprint density at radius 2 is 1.83 bits per heavy atom. The van der Waals surface area contributed by atoms with Crippen molar-refractivity contribution in [2.75, 3.05) is 37.7 Å². The second-order valence-corrected chi connectivity index (χ2v) is 13.2. The van der Waals surface area contributed by atoms with Crippen molar-refractivity contribution in [3.05, 3.63) is 58.3 Å². The number of nitrogens with one attached hydrogen (secondary N) is 1. The molecule has 0 saturated carbocycles. The SMILES string of the molecule is Fc1c(-c2cc(Cl)cc3ccccc23)c(Cl)cc2c(N3C[C@H]4CC[C@@H](C3)N4)nc(OC[C@@]34CCCN3C[C@H](F)C4)nc12. The van der Waals surface area contributed by atoms with Crippen molar-refractivity contribution >= 4 is 50.7 Å². The van der Waals surface area contributed by atoms with Crippen LogP contribution in [0, 0.1) is 5.82 Å². The van der Waals surface area contributed by atoms with Gasteiger partial charge >= 0.3 is 6.01 Å². The number of rotatable bonds is 5. The van der Waals surface area contributed by atoms with E-state index in [1.54, 1.807) is 12.1 Å². The lowest BCUT2D eigenvalue weighted by Crippen LogP contribution is -2.51. The number of hydrogen-bond acceptors (Lipinski definition) is 6. The van der Waals surface area contributed by atoms with Crippen molar-refractivity contribution in [2.45, 2.75) is 55.9 Å². The third-order valence-electron chi connectivity index (χ3n) is 9.69. The number of piperazine rings is 1. The van der Waals surface area contributed by atoms with Gasteiger partial charge in [-0.15, -0.1) is 0 Å². The summed E-state index contributed by atoms with van der Waals surface area (Å²) in [6, 6.07) is 13.9. The maximum absolute atomic E-state index is 16.8. The minimum absolute atomic E-state index is 0.107. The van der Waals surface area contributed by atoms with E-state index in [1.807, 2.05) is 30.3 Å². The molecule has 218 valence electrons. The maximum atomic E-state index is 16.8. The standard InChI is InChI=1S/C32H31Cl2F2N5O/c33-19-10-18-4-1-2-5-23(18)24(11-19)27-26(34)12-25-29(28(27)36)38-31(39-30(25)40-15-21-6-7-22(16-40)37-21)42-17-32-8-3-9-41(32)14-20(35)13-32/h1-2,4-5,10-12,20-22,37H,3,6-9,13-17H2/t20-,21-,22+,32+/m1/s1. The van der Waals surface area contributed by atoms with Crippen LogP contribution in [0.5, 0.6) is 6.01 Å². The summed E-state index contributed by atoms with van der Waals surface area (Å²) in [5, 5.41) is 6.69. The monoisotopic (exact) mass is 609 g/mol. The third kappa shape index (κ3) is 4.41. The average molecular weight is 611 g/mol. The summed E-state index contributed by atoms with van der Waals surface area (Å²) in [7, 11) is 0. The Hall–Kier alpha value is -2.78. The number of aromatic nitrogens is 2. The molecule has 4 aromatic rings. The Morgan fingerprint density at radius 3 is 2.67 bits per heavy atom. The predicted octanol–water partition coefficient (Wildman–Crippen LogP) is 6.79. The highest BCUT2D eigenvalue weighted by Crippen LogP contribution is 2.44. The fourth-order valence-corrected chi connectivity index (χ4v) is 8.33. The molecule has 4 saturated heterocycles. The van der Waals surface area contributed by atoms with Gasteiger partial charge < -0.3 is 15.0 Å². The molecule has 0 radical (unpaired) electrons. The molecule has 10 heteroatoms. The summed E-state index contributed by atoms with van der Waals surface area (Å²) in [6.07, 6.45) is 3.63. The lowest BCUT2D eigenvalue weighted by molar-refractivity contribution is 0.107. The van der Waals surface area contributed by atoms with Crippen LogP contribution in [-0.4, -0.2) is 71.4 Å². The minimum Gasteiger partial charge on any atom is -0.461 e. The second kappa shape index (κ2) is 10.2. The normalized spacial score (nSPS) is 27.3. The average Bonchev–Trinajstić information content (AvgIpc) is 3.62. The lowest BCUT2D eigenvalue weighted by Gasteiger charge is -2.34. The lowest BCUT2D eigenvalue weighted by atomic mass is 9.95. The number of halogens is 4. The van der Waals surface area contributed by atoms with Gasteiger partial charge in [-0.1, -0.05) is 47.5 Å². The summed E-state index contributed by atoms with van der Waals surface area (Å²) >= 11 is 13.4. The summed E-state index contributed by atoms with van der Waals surface area (Å²) < 4.78 is 37.5. The summed E-state index contributed by atoms with van der Waals surface area (Å²) in [6.45, 7) is 3.07. The van der Waals surface area contributed by atoms with Crippen molar-refractivity contribution in [2.24, 2.45) is 0 Å². The van der Waals surface area contributed by atoms with Gasteiger partial charge in [-0.05, 0) is 66.8 Å². The van der Waals surface area contributed by atoms with Gasteiger partial charge in [0.15, 0.2) is 5.82 Å². The fourth-order valence-electron chi connectivity index (χ4n) is 7.81. The van der Waals surface area contributed by atoms with Gasteiger partial charge in [-0.25, -0.2) is 8.78 Å². The van der Waals surface area contributed by atoms with E-state index in [-0.39, 0.29) is 34.3 Å². The second-order valence-electron chi connectivity index (χ2n) is 12.4. The first-order valence-corrected chi connectivity index (χ1v) is 15.5. The summed E-state index contributed by atoms with van der Waals surface area (Å²) in [4.78, 5) is 13.9. The zero-order valence-electron chi connectivity index (χ0n) is 23.1. The number of alkyl halides is 1. The van der Waals surface area contributed by atoms with E-state index in [2.05, 4.69) is 20.1 Å². The molecule has 1 N–H and O–H groups in total. The van der Waals surface area contributed by atoms with Gasteiger partial charge in [0.25, 0.3) is 0 Å². The molecule has 8 rings (SSSR count). The number of hydrogen-bond donors (Lipinski definition) is 1. The van der Waals surface area contributed by atoms with E-state index in [1.165, 1.54) is 0 Å². The molecule has 4 aliphatic heterocycles. The molecule has 5 heterocycles. The maximum Gasteiger partial charge on any atom is 0.319 e. The topological polar surface area (TPSA) is 53.5 Å². The van der Waals surface area contributed by atoms with Crippen LogP contribution >= 0.6 is 23.2 Å². The van der Waals surface area contributed by atoms with Crippen LogP contribution in [0.2, 0.25) is 10.0 Å². The molecule has 42 heavy (non-hydrogen) atoms. The molecular formula is C32H31Cl2F2N5O. The van der Waals surface area contributed by atoms with Gasteiger partial charge in [0.2, 0.25) is 0 Å². The molecule has 6 nitrogen and oxygen atoms in total. The van der Waals surface area contributed by atoms with E-state index in [9.17, 15) is 4.39 Å². The largest absolute Gasteiger partial charge is 0.461 e. The van der Waals surface area contributed by atoms with Crippen LogP contribution in [0.4, 0.5) is 14.6 Å². The first-order chi connectivity index (χ1) is 20.4. The molecule has 0 spiro atoms.